The van der Waals surface area contributed by atoms with E-state index in [1.165, 1.54) is 6.08 Å². The number of aldehydes is 1. The van der Waals surface area contributed by atoms with Crippen molar-refractivity contribution in [2.75, 3.05) is 0 Å². The average molecular weight is 553 g/mol. The zero-order valence-corrected chi connectivity index (χ0v) is 23.7. The number of esters is 1. The molecular weight excluding hydrogens is 512 g/mol. The van der Waals surface area contributed by atoms with Crippen LogP contribution in [0.5, 0.6) is 0 Å². The van der Waals surface area contributed by atoms with Gasteiger partial charge in [0, 0.05) is 23.7 Å². The monoisotopic (exact) mass is 552 g/mol. The Morgan fingerprint density at radius 1 is 1.02 bits per heavy atom. The fourth-order valence-electron chi connectivity index (χ4n) is 8.42. The summed E-state index contributed by atoms with van der Waals surface area (Å²) >= 11 is 0. The number of Topliss-reactive ketones (excluding diaryl/α,β-unsaturated/α-hetero) is 1. The van der Waals surface area contributed by atoms with Crippen molar-refractivity contribution in [1.82, 2.24) is 0 Å². The predicted octanol–water partition coefficient (Wildman–Crippen LogP) is 3.29. The first-order valence-corrected chi connectivity index (χ1v) is 14.2. The number of aliphatic hydroxyl groups excluding tert-OH is 4. The van der Waals surface area contributed by atoms with Gasteiger partial charge in [-0.2, -0.15) is 0 Å². The molecule has 216 valence electrons. The molecule has 1 aliphatic heterocycles. The molecule has 8 heteroatoms. The van der Waals surface area contributed by atoms with Crippen molar-refractivity contribution >= 4 is 18.0 Å². The van der Waals surface area contributed by atoms with Crippen LogP contribution in [0.2, 0.25) is 0 Å². The molecule has 2 bridgehead atoms. The summed E-state index contributed by atoms with van der Waals surface area (Å²) in [6.45, 7) is 9.50. The molecule has 0 aromatic rings. The van der Waals surface area contributed by atoms with Crippen molar-refractivity contribution in [2.45, 2.75) is 77.8 Å². The highest BCUT2D eigenvalue weighted by atomic mass is 16.6. The van der Waals surface area contributed by atoms with Crippen LogP contribution in [0.1, 0.15) is 53.9 Å². The Morgan fingerprint density at radius 3 is 2.40 bits per heavy atom. The van der Waals surface area contributed by atoms with Gasteiger partial charge in [0.1, 0.15) is 17.6 Å². The standard InChI is InChI=1S/C32H40O8/c1-15-6-9-23(34)16(2)11-22-24(35)12-19(14-33)13-32(22)29(38)25(30(39)40-32)28(37)31(5)21(15)8-7-20-26(31)17(3)10-18(4)27(20)36/h6-8,11-12,14,17-18,20-24,26-27,34-37H,9-10,13H2,1-5H3/b15-6+,16-11+,28-25+. The van der Waals surface area contributed by atoms with Crippen molar-refractivity contribution in [2.24, 2.45) is 40.9 Å². The summed E-state index contributed by atoms with van der Waals surface area (Å²) in [6, 6.07) is 0. The van der Waals surface area contributed by atoms with Gasteiger partial charge in [-0.05, 0) is 61.7 Å². The third-order valence-corrected chi connectivity index (χ3v) is 10.5. The van der Waals surface area contributed by atoms with Gasteiger partial charge >= 0.3 is 5.97 Å². The number of allylic oxidation sites excluding steroid dienone is 3. The highest BCUT2D eigenvalue weighted by Gasteiger charge is 2.64. The Balaban J connectivity index is 1.79. The van der Waals surface area contributed by atoms with E-state index >= 15 is 0 Å². The lowest BCUT2D eigenvalue weighted by Gasteiger charge is -2.55. The number of ether oxygens (including phenoxy) is 1. The summed E-state index contributed by atoms with van der Waals surface area (Å²) in [5.74, 6) is -4.22. The van der Waals surface area contributed by atoms with Gasteiger partial charge < -0.3 is 25.2 Å². The van der Waals surface area contributed by atoms with E-state index in [4.69, 9.17) is 4.74 Å². The van der Waals surface area contributed by atoms with Crippen LogP contribution in [0.4, 0.5) is 0 Å². The second-order valence-corrected chi connectivity index (χ2v) is 12.9. The molecule has 8 nitrogen and oxygen atoms in total. The molecule has 4 aliphatic carbocycles. The maximum atomic E-state index is 14.3. The smallest absolute Gasteiger partial charge is 0.346 e. The molecule has 11 atom stereocenters. The highest BCUT2D eigenvalue weighted by molar-refractivity contribution is 6.26. The van der Waals surface area contributed by atoms with Gasteiger partial charge in [0.25, 0.3) is 0 Å². The molecule has 11 unspecified atom stereocenters. The number of rotatable bonds is 1. The number of carbonyl (C=O) groups excluding carboxylic acids is 3. The van der Waals surface area contributed by atoms with Crippen LogP contribution in [0.25, 0.3) is 0 Å². The molecule has 4 N–H and O–H groups in total. The zero-order valence-electron chi connectivity index (χ0n) is 23.7. The molecule has 40 heavy (non-hydrogen) atoms. The Bertz CT molecular complexity index is 1290. The van der Waals surface area contributed by atoms with E-state index in [2.05, 4.69) is 6.92 Å². The molecule has 2 fully saturated rings. The highest BCUT2D eigenvalue weighted by Crippen LogP contribution is 2.60. The van der Waals surface area contributed by atoms with Crippen molar-refractivity contribution in [3.63, 3.8) is 0 Å². The molecule has 1 saturated carbocycles. The van der Waals surface area contributed by atoms with E-state index < -0.39 is 58.5 Å². The van der Waals surface area contributed by atoms with Crippen molar-refractivity contribution in [3.05, 3.63) is 58.4 Å². The minimum Gasteiger partial charge on any atom is -0.511 e. The van der Waals surface area contributed by atoms with Gasteiger partial charge in [-0.25, -0.2) is 4.79 Å². The Morgan fingerprint density at radius 2 is 1.73 bits per heavy atom. The largest absolute Gasteiger partial charge is 0.511 e. The lowest BCUT2D eigenvalue weighted by atomic mass is 9.49. The van der Waals surface area contributed by atoms with Crippen LogP contribution >= 0.6 is 0 Å². The van der Waals surface area contributed by atoms with E-state index in [0.29, 0.717) is 18.3 Å². The molecule has 1 spiro atoms. The van der Waals surface area contributed by atoms with Crippen LogP contribution < -0.4 is 0 Å². The number of carbonyl (C=O) groups is 3. The number of hydrogen-bond donors (Lipinski definition) is 4. The molecule has 5 aliphatic rings. The van der Waals surface area contributed by atoms with Crippen molar-refractivity contribution in [1.29, 1.82) is 0 Å². The number of fused-ring (bicyclic) bond motifs is 4. The van der Waals surface area contributed by atoms with Crippen LogP contribution in [-0.2, 0) is 19.1 Å². The molecule has 0 amide bonds. The van der Waals surface area contributed by atoms with E-state index in [1.54, 1.807) is 13.0 Å². The van der Waals surface area contributed by atoms with Crippen LogP contribution in [0.15, 0.2) is 58.4 Å². The summed E-state index contributed by atoms with van der Waals surface area (Å²) in [6.07, 6.45) is 7.02. The predicted molar refractivity (Wildman–Crippen MR) is 147 cm³/mol. The van der Waals surface area contributed by atoms with Crippen LogP contribution in [0, 0.1) is 40.9 Å². The van der Waals surface area contributed by atoms with E-state index in [9.17, 15) is 34.8 Å². The summed E-state index contributed by atoms with van der Waals surface area (Å²) < 4.78 is 5.81. The molecule has 1 saturated heterocycles. The molecule has 5 rings (SSSR count). The van der Waals surface area contributed by atoms with Crippen LogP contribution in [0.3, 0.4) is 0 Å². The van der Waals surface area contributed by atoms with Crippen molar-refractivity contribution < 1.29 is 39.5 Å². The topological polar surface area (TPSA) is 141 Å². The fraction of sp³-hybridized carbons (Fsp3) is 0.594. The summed E-state index contributed by atoms with van der Waals surface area (Å²) in [7, 11) is 0. The SMILES string of the molecule is C/C1=C\C2C(O)C=C(C=O)CC23OC(=O)/C(=C(/O)C2(C)C(C=CC4C(O)C(C)CC(C)C42)/C(C)=C/CC1O)C3=O. The van der Waals surface area contributed by atoms with Gasteiger partial charge in [-0.3, -0.25) is 9.59 Å². The lowest BCUT2D eigenvalue weighted by Crippen LogP contribution is -2.54. The maximum absolute atomic E-state index is 14.3. The molecule has 0 aromatic carbocycles. The zero-order chi connectivity index (χ0) is 29.3. The number of aliphatic hydroxyl groups is 4. The lowest BCUT2D eigenvalue weighted by molar-refractivity contribution is -0.159. The molecule has 0 aromatic heterocycles. The summed E-state index contributed by atoms with van der Waals surface area (Å²) in [5.41, 5.74) is -2.12. The number of ketones is 1. The summed E-state index contributed by atoms with van der Waals surface area (Å²) in [4.78, 5) is 39.7. The minimum absolute atomic E-state index is 0.0332. The second-order valence-electron chi connectivity index (χ2n) is 12.9. The normalized spacial score (nSPS) is 49.8. The minimum atomic E-state index is -1.94. The Labute approximate surface area is 234 Å². The third kappa shape index (κ3) is 4.02. The van der Waals surface area contributed by atoms with E-state index in [1.807, 2.05) is 39.0 Å². The fourth-order valence-corrected chi connectivity index (χ4v) is 8.42. The quantitative estimate of drug-likeness (QED) is 0.168. The third-order valence-electron chi connectivity index (χ3n) is 10.5. The molecular formula is C32H40O8. The van der Waals surface area contributed by atoms with E-state index in [-0.39, 0.29) is 47.8 Å². The number of hydrogen-bond acceptors (Lipinski definition) is 8. The Kier molecular flexibility index (Phi) is 7.12. The van der Waals surface area contributed by atoms with Gasteiger partial charge in [-0.1, -0.05) is 50.6 Å². The van der Waals surface area contributed by atoms with E-state index in [0.717, 1.165) is 5.57 Å². The maximum Gasteiger partial charge on any atom is 0.346 e. The summed E-state index contributed by atoms with van der Waals surface area (Å²) in [5, 5.41) is 45.4. The molecule has 0 radical (unpaired) electrons. The average Bonchev–Trinajstić information content (AvgIpc) is 3.14. The van der Waals surface area contributed by atoms with Gasteiger partial charge in [0.15, 0.2) is 5.60 Å². The van der Waals surface area contributed by atoms with Gasteiger partial charge in [0.2, 0.25) is 5.78 Å². The first-order valence-electron chi connectivity index (χ1n) is 14.2. The van der Waals surface area contributed by atoms with Crippen molar-refractivity contribution in [3.8, 4) is 0 Å². The molecule has 1 heterocycles. The van der Waals surface area contributed by atoms with Crippen LogP contribution in [-0.4, -0.2) is 62.4 Å². The first-order chi connectivity index (χ1) is 18.8. The first kappa shape index (κ1) is 28.7. The van der Waals surface area contributed by atoms with Gasteiger partial charge in [-0.15, -0.1) is 0 Å². The van der Waals surface area contributed by atoms with Gasteiger partial charge in [0.05, 0.1) is 24.2 Å². The second kappa shape index (κ2) is 9.93. The Hall–Kier alpha value is -2.81.